The fourth-order valence-corrected chi connectivity index (χ4v) is 5.81. The van der Waals surface area contributed by atoms with Crippen LogP contribution in [0.1, 0.15) is 41.6 Å². The molecule has 2 aliphatic rings. The first-order chi connectivity index (χ1) is 16.7. The lowest BCUT2D eigenvalue weighted by Crippen LogP contribution is -2.41. The van der Waals surface area contributed by atoms with Gasteiger partial charge in [0.05, 0.1) is 46.6 Å². The summed E-state index contributed by atoms with van der Waals surface area (Å²) in [5.74, 6) is -0.716. The SMILES string of the molecule is Cc1ccnc(-c2ccnc3cc(CN4C(=O)C(C)C(C)(C)C4=O)sc23)c1C(=O)N1CCOCC1. The first-order valence-electron chi connectivity index (χ1n) is 11.8. The molecule has 0 aliphatic carbocycles. The van der Waals surface area contributed by atoms with Crippen molar-refractivity contribution < 1.29 is 19.1 Å². The molecule has 8 nitrogen and oxygen atoms in total. The third-order valence-electron chi connectivity index (χ3n) is 7.22. The van der Waals surface area contributed by atoms with E-state index in [1.54, 1.807) is 19.3 Å². The van der Waals surface area contributed by atoms with E-state index in [0.717, 1.165) is 26.2 Å². The van der Waals surface area contributed by atoms with E-state index in [1.165, 1.54) is 16.2 Å². The number of likely N-dealkylation sites (tertiary alicyclic amines) is 1. The van der Waals surface area contributed by atoms with Crippen LogP contribution in [0.5, 0.6) is 0 Å². The van der Waals surface area contributed by atoms with Gasteiger partial charge in [-0.2, -0.15) is 0 Å². The van der Waals surface area contributed by atoms with E-state index in [2.05, 4.69) is 9.97 Å². The standard InChI is InChI=1S/C26H28N4O4S/c1-15-5-7-28-21(20(15)24(32)29-9-11-34-12-10-29)18-6-8-27-19-13-17(35-22(18)19)14-30-23(31)16(2)26(3,4)25(30)33/h5-8,13,16H,9-12,14H2,1-4H3. The number of nitrogens with zero attached hydrogens (tertiary/aromatic N) is 4. The molecule has 2 aliphatic heterocycles. The van der Waals surface area contributed by atoms with Crippen LogP contribution >= 0.6 is 11.3 Å². The molecule has 1 unspecified atom stereocenters. The summed E-state index contributed by atoms with van der Waals surface area (Å²) in [4.78, 5) is 52.3. The minimum absolute atomic E-state index is 0.0554. The van der Waals surface area contributed by atoms with Gasteiger partial charge in [-0.15, -0.1) is 11.3 Å². The Kier molecular flexibility index (Phi) is 5.93. The molecule has 3 aromatic heterocycles. The van der Waals surface area contributed by atoms with Gasteiger partial charge in [0.1, 0.15) is 0 Å². The zero-order valence-corrected chi connectivity index (χ0v) is 21.1. The first kappa shape index (κ1) is 23.6. The van der Waals surface area contributed by atoms with Crippen LogP contribution in [0.4, 0.5) is 0 Å². The van der Waals surface area contributed by atoms with Crippen LogP contribution in [-0.4, -0.2) is 63.8 Å². The number of aromatic nitrogens is 2. The number of aryl methyl sites for hydroxylation is 1. The number of rotatable bonds is 4. The average Bonchev–Trinajstić information content (AvgIpc) is 3.33. The second kappa shape index (κ2) is 8.80. The van der Waals surface area contributed by atoms with Crippen LogP contribution in [0.25, 0.3) is 21.5 Å². The second-order valence-corrected chi connectivity index (χ2v) is 10.9. The number of thiophene rings is 1. The summed E-state index contributed by atoms with van der Waals surface area (Å²) in [5.41, 5.74) is 2.92. The van der Waals surface area contributed by atoms with Gasteiger partial charge in [-0.25, -0.2) is 0 Å². The van der Waals surface area contributed by atoms with Gasteiger partial charge >= 0.3 is 0 Å². The van der Waals surface area contributed by atoms with Crippen LogP contribution in [0.15, 0.2) is 30.6 Å². The highest BCUT2D eigenvalue weighted by molar-refractivity contribution is 7.19. The van der Waals surface area contributed by atoms with E-state index < -0.39 is 5.41 Å². The number of imide groups is 1. The smallest absolute Gasteiger partial charge is 0.256 e. The van der Waals surface area contributed by atoms with Crippen LogP contribution in [0.3, 0.4) is 0 Å². The number of morpholine rings is 1. The molecule has 0 spiro atoms. The maximum absolute atomic E-state index is 13.5. The van der Waals surface area contributed by atoms with Crippen molar-refractivity contribution in [2.24, 2.45) is 11.3 Å². The third-order valence-corrected chi connectivity index (χ3v) is 8.36. The summed E-state index contributed by atoms with van der Waals surface area (Å²) in [6.07, 6.45) is 3.42. The van der Waals surface area contributed by atoms with Crippen molar-refractivity contribution in [1.82, 2.24) is 19.8 Å². The Bertz CT molecular complexity index is 1340. The van der Waals surface area contributed by atoms with E-state index >= 15 is 0 Å². The Hall–Kier alpha value is -3.17. The van der Waals surface area contributed by atoms with Crippen molar-refractivity contribution in [3.63, 3.8) is 0 Å². The van der Waals surface area contributed by atoms with Crippen LogP contribution in [-0.2, 0) is 20.9 Å². The number of amides is 3. The summed E-state index contributed by atoms with van der Waals surface area (Å²) in [5, 5.41) is 0. The van der Waals surface area contributed by atoms with Gasteiger partial charge in [-0.1, -0.05) is 20.8 Å². The van der Waals surface area contributed by atoms with E-state index in [1.807, 2.05) is 43.9 Å². The van der Waals surface area contributed by atoms with Gasteiger partial charge in [-0.05, 0) is 30.7 Å². The molecule has 0 N–H and O–H groups in total. The van der Waals surface area contributed by atoms with Gasteiger partial charge in [0.15, 0.2) is 0 Å². The Morgan fingerprint density at radius 2 is 1.89 bits per heavy atom. The van der Waals surface area contributed by atoms with Crippen LogP contribution in [0.2, 0.25) is 0 Å². The Labute approximate surface area is 207 Å². The number of fused-ring (bicyclic) bond motifs is 1. The number of ether oxygens (including phenoxy) is 1. The molecule has 0 radical (unpaired) electrons. The highest BCUT2D eigenvalue weighted by Crippen LogP contribution is 2.40. The van der Waals surface area contributed by atoms with Crippen molar-refractivity contribution in [2.45, 2.75) is 34.2 Å². The Morgan fingerprint density at radius 1 is 1.17 bits per heavy atom. The fourth-order valence-electron chi connectivity index (χ4n) is 4.69. The summed E-state index contributed by atoms with van der Waals surface area (Å²) < 4.78 is 6.29. The van der Waals surface area contributed by atoms with Gasteiger partial charge in [0.2, 0.25) is 11.8 Å². The molecule has 35 heavy (non-hydrogen) atoms. The molecule has 0 bridgehead atoms. The van der Waals surface area contributed by atoms with Crippen LogP contribution < -0.4 is 0 Å². The van der Waals surface area contributed by atoms with E-state index in [0.29, 0.717) is 37.6 Å². The molecular weight excluding hydrogens is 464 g/mol. The van der Waals surface area contributed by atoms with Gasteiger partial charge in [0.25, 0.3) is 5.91 Å². The second-order valence-electron chi connectivity index (χ2n) is 9.71. The number of hydrogen-bond donors (Lipinski definition) is 0. The number of hydrogen-bond acceptors (Lipinski definition) is 7. The molecule has 5 rings (SSSR count). The van der Waals surface area contributed by atoms with Crippen molar-refractivity contribution in [1.29, 1.82) is 0 Å². The molecule has 3 amide bonds. The van der Waals surface area contributed by atoms with E-state index in [4.69, 9.17) is 4.74 Å². The minimum Gasteiger partial charge on any atom is -0.378 e. The number of carbonyl (C=O) groups is 3. The maximum Gasteiger partial charge on any atom is 0.256 e. The van der Waals surface area contributed by atoms with E-state index in [9.17, 15) is 14.4 Å². The topological polar surface area (TPSA) is 92.7 Å². The average molecular weight is 493 g/mol. The van der Waals surface area contributed by atoms with Gasteiger partial charge in [-0.3, -0.25) is 29.3 Å². The summed E-state index contributed by atoms with van der Waals surface area (Å²) in [6.45, 7) is 9.73. The molecule has 1 atom stereocenters. The molecule has 0 saturated carbocycles. The molecular formula is C26H28N4O4S. The van der Waals surface area contributed by atoms with E-state index in [-0.39, 0.29) is 30.2 Å². The monoisotopic (exact) mass is 492 g/mol. The van der Waals surface area contributed by atoms with Crippen molar-refractivity contribution in [3.05, 3.63) is 46.6 Å². The lowest BCUT2D eigenvalue weighted by atomic mass is 9.82. The lowest BCUT2D eigenvalue weighted by molar-refractivity contribution is -0.141. The van der Waals surface area contributed by atoms with Crippen LogP contribution in [0, 0.1) is 18.3 Å². The number of carbonyl (C=O) groups excluding carboxylic acids is 3. The van der Waals surface area contributed by atoms with Crippen molar-refractivity contribution in [2.75, 3.05) is 26.3 Å². The van der Waals surface area contributed by atoms with Gasteiger partial charge < -0.3 is 9.64 Å². The zero-order valence-electron chi connectivity index (χ0n) is 20.3. The highest BCUT2D eigenvalue weighted by Gasteiger charge is 2.51. The predicted molar refractivity (Wildman–Crippen MR) is 133 cm³/mol. The first-order valence-corrected chi connectivity index (χ1v) is 12.6. The third kappa shape index (κ3) is 3.92. The maximum atomic E-state index is 13.5. The Morgan fingerprint density at radius 3 is 2.57 bits per heavy atom. The summed E-state index contributed by atoms with van der Waals surface area (Å²) in [6, 6.07) is 5.64. The zero-order chi connectivity index (χ0) is 24.9. The highest BCUT2D eigenvalue weighted by atomic mass is 32.1. The fraction of sp³-hybridized carbons (Fsp3) is 0.423. The molecule has 2 saturated heterocycles. The Balaban J connectivity index is 1.54. The molecule has 9 heteroatoms. The molecule has 182 valence electrons. The molecule has 5 heterocycles. The molecule has 2 fully saturated rings. The predicted octanol–water partition coefficient (Wildman–Crippen LogP) is 3.67. The number of pyridine rings is 2. The van der Waals surface area contributed by atoms with Crippen molar-refractivity contribution >= 4 is 39.3 Å². The summed E-state index contributed by atoms with van der Waals surface area (Å²) in [7, 11) is 0. The van der Waals surface area contributed by atoms with Gasteiger partial charge in [0, 0.05) is 41.8 Å². The normalized spacial score (nSPS) is 20.2. The minimum atomic E-state index is -0.711. The largest absolute Gasteiger partial charge is 0.378 e. The molecule has 3 aromatic rings. The quantitative estimate of drug-likeness (QED) is 0.516. The van der Waals surface area contributed by atoms with Crippen molar-refractivity contribution in [3.8, 4) is 11.3 Å². The lowest BCUT2D eigenvalue weighted by Gasteiger charge is -2.28. The molecule has 0 aromatic carbocycles. The summed E-state index contributed by atoms with van der Waals surface area (Å²) >= 11 is 1.48.